The van der Waals surface area contributed by atoms with Crippen LogP contribution in [-0.4, -0.2) is 24.4 Å². The number of thiophene rings is 1. The molecule has 0 amide bonds. The number of rotatable bonds is 7. The lowest BCUT2D eigenvalue weighted by Crippen LogP contribution is -2.32. The first-order valence-electron chi connectivity index (χ1n) is 7.21. The van der Waals surface area contributed by atoms with Crippen LogP contribution in [-0.2, 0) is 0 Å². The molecule has 2 N–H and O–H groups in total. The van der Waals surface area contributed by atoms with Crippen molar-refractivity contribution in [3.05, 3.63) is 51.7 Å². The molecular formula is C17H23NO2S. The van der Waals surface area contributed by atoms with Crippen molar-refractivity contribution in [2.75, 3.05) is 13.2 Å². The molecular weight excluding hydrogens is 282 g/mol. The van der Waals surface area contributed by atoms with Crippen LogP contribution in [0.1, 0.15) is 29.0 Å². The molecule has 4 heteroatoms. The Morgan fingerprint density at radius 2 is 2.10 bits per heavy atom. The van der Waals surface area contributed by atoms with Gasteiger partial charge in [0.15, 0.2) is 0 Å². The van der Waals surface area contributed by atoms with E-state index >= 15 is 0 Å². The van der Waals surface area contributed by atoms with Gasteiger partial charge >= 0.3 is 0 Å². The van der Waals surface area contributed by atoms with Gasteiger partial charge in [-0.3, -0.25) is 0 Å². The number of ether oxygens (including phenoxy) is 1. The van der Waals surface area contributed by atoms with E-state index < -0.39 is 6.10 Å². The molecule has 0 fully saturated rings. The van der Waals surface area contributed by atoms with Crippen LogP contribution in [0.25, 0.3) is 0 Å². The molecule has 0 aliphatic rings. The fourth-order valence-electron chi connectivity index (χ4n) is 2.06. The summed E-state index contributed by atoms with van der Waals surface area (Å²) in [4.78, 5) is 1.28. The molecule has 0 aliphatic heterocycles. The summed E-state index contributed by atoms with van der Waals surface area (Å²) in [5.74, 6) is 0.848. The fourth-order valence-corrected chi connectivity index (χ4v) is 2.82. The van der Waals surface area contributed by atoms with Gasteiger partial charge in [-0.25, -0.2) is 0 Å². The lowest BCUT2D eigenvalue weighted by molar-refractivity contribution is 0.104. The fraction of sp³-hybridized carbons (Fsp3) is 0.412. The van der Waals surface area contributed by atoms with Crippen molar-refractivity contribution in [1.29, 1.82) is 0 Å². The summed E-state index contributed by atoms with van der Waals surface area (Å²) >= 11 is 1.72. The van der Waals surface area contributed by atoms with Crippen LogP contribution in [0.2, 0.25) is 0 Å². The monoisotopic (exact) mass is 305 g/mol. The normalized spacial score (nSPS) is 13.9. The number of aliphatic hydroxyl groups excluding tert-OH is 1. The summed E-state index contributed by atoms with van der Waals surface area (Å²) in [5, 5.41) is 15.4. The van der Waals surface area contributed by atoms with E-state index in [9.17, 15) is 5.11 Å². The highest BCUT2D eigenvalue weighted by atomic mass is 32.1. The van der Waals surface area contributed by atoms with Crippen molar-refractivity contribution in [1.82, 2.24) is 5.32 Å². The molecule has 0 radical (unpaired) electrons. The Hall–Kier alpha value is -1.36. The zero-order valence-corrected chi connectivity index (χ0v) is 13.6. The SMILES string of the molecule is Cc1ccc(C)c(OCC(O)CN[C@H](C)c2cccs2)c1. The average Bonchev–Trinajstić information content (AvgIpc) is 3.00. The van der Waals surface area contributed by atoms with Gasteiger partial charge in [-0.05, 0) is 49.4 Å². The first kappa shape index (κ1) is 16.0. The number of hydrogen-bond donors (Lipinski definition) is 2. The predicted molar refractivity (Wildman–Crippen MR) is 88.2 cm³/mol. The zero-order chi connectivity index (χ0) is 15.2. The third-order valence-electron chi connectivity index (χ3n) is 3.40. The minimum Gasteiger partial charge on any atom is -0.491 e. The second-order valence-corrected chi connectivity index (χ2v) is 6.36. The average molecular weight is 305 g/mol. The molecule has 3 nitrogen and oxygen atoms in total. The van der Waals surface area contributed by atoms with Crippen molar-refractivity contribution in [3.8, 4) is 5.75 Å². The van der Waals surface area contributed by atoms with Gasteiger partial charge in [0, 0.05) is 17.5 Å². The van der Waals surface area contributed by atoms with E-state index in [1.807, 2.05) is 32.0 Å². The van der Waals surface area contributed by atoms with Gasteiger partial charge in [0.2, 0.25) is 0 Å². The number of aliphatic hydroxyl groups is 1. The van der Waals surface area contributed by atoms with E-state index in [2.05, 4.69) is 29.8 Å². The maximum Gasteiger partial charge on any atom is 0.122 e. The van der Waals surface area contributed by atoms with Crippen LogP contribution in [0.3, 0.4) is 0 Å². The highest BCUT2D eigenvalue weighted by Gasteiger charge is 2.10. The van der Waals surface area contributed by atoms with E-state index in [-0.39, 0.29) is 6.04 Å². The quantitative estimate of drug-likeness (QED) is 0.823. The molecule has 114 valence electrons. The van der Waals surface area contributed by atoms with E-state index in [4.69, 9.17) is 4.74 Å². The highest BCUT2D eigenvalue weighted by Crippen LogP contribution is 2.20. The smallest absolute Gasteiger partial charge is 0.122 e. The van der Waals surface area contributed by atoms with Crippen LogP contribution in [0.5, 0.6) is 5.75 Å². The molecule has 1 unspecified atom stereocenters. The molecule has 2 atom stereocenters. The van der Waals surface area contributed by atoms with Crippen molar-refractivity contribution in [2.24, 2.45) is 0 Å². The molecule has 0 saturated heterocycles. The Bertz CT molecular complexity index is 554. The third-order valence-corrected chi connectivity index (χ3v) is 4.46. The standard InChI is InChI=1S/C17H23NO2S/c1-12-6-7-13(2)16(9-12)20-11-15(19)10-18-14(3)17-5-4-8-21-17/h4-9,14-15,18-19H,10-11H2,1-3H3/t14-,15?/m1/s1. The summed E-state index contributed by atoms with van der Waals surface area (Å²) in [6.45, 7) is 6.97. The second kappa shape index (κ2) is 7.59. The summed E-state index contributed by atoms with van der Waals surface area (Å²) in [7, 11) is 0. The maximum atomic E-state index is 10.0. The number of hydrogen-bond acceptors (Lipinski definition) is 4. The molecule has 21 heavy (non-hydrogen) atoms. The summed E-state index contributed by atoms with van der Waals surface area (Å²) in [6, 6.07) is 10.5. The molecule has 1 heterocycles. The van der Waals surface area contributed by atoms with Crippen molar-refractivity contribution in [2.45, 2.75) is 32.9 Å². The second-order valence-electron chi connectivity index (χ2n) is 5.38. The van der Waals surface area contributed by atoms with E-state index in [1.54, 1.807) is 11.3 Å². The van der Waals surface area contributed by atoms with Gasteiger partial charge in [0.25, 0.3) is 0 Å². The molecule has 2 rings (SSSR count). The molecule has 0 aliphatic carbocycles. The summed E-state index contributed by atoms with van der Waals surface area (Å²) in [6.07, 6.45) is -0.521. The van der Waals surface area contributed by atoms with Crippen molar-refractivity contribution < 1.29 is 9.84 Å². The topological polar surface area (TPSA) is 41.5 Å². The molecule has 1 aromatic carbocycles. The van der Waals surface area contributed by atoms with Gasteiger partial charge in [-0.1, -0.05) is 18.2 Å². The molecule has 0 saturated carbocycles. The lowest BCUT2D eigenvalue weighted by atomic mass is 10.1. The van der Waals surface area contributed by atoms with Gasteiger partial charge < -0.3 is 15.2 Å². The first-order valence-corrected chi connectivity index (χ1v) is 8.09. The Balaban J connectivity index is 1.77. The lowest BCUT2D eigenvalue weighted by Gasteiger charge is -2.17. The first-order chi connectivity index (χ1) is 10.1. The molecule has 2 aromatic rings. The van der Waals surface area contributed by atoms with E-state index in [0.717, 1.165) is 16.9 Å². The van der Waals surface area contributed by atoms with Crippen molar-refractivity contribution >= 4 is 11.3 Å². The van der Waals surface area contributed by atoms with Crippen LogP contribution in [0.4, 0.5) is 0 Å². The number of nitrogens with one attached hydrogen (secondary N) is 1. The van der Waals surface area contributed by atoms with Crippen LogP contribution < -0.4 is 10.1 Å². The number of aryl methyl sites for hydroxylation is 2. The summed E-state index contributed by atoms with van der Waals surface area (Å²) < 4.78 is 5.72. The van der Waals surface area contributed by atoms with Gasteiger partial charge in [-0.2, -0.15) is 0 Å². The van der Waals surface area contributed by atoms with Crippen LogP contribution in [0, 0.1) is 13.8 Å². The van der Waals surface area contributed by atoms with E-state index in [1.165, 1.54) is 4.88 Å². The Morgan fingerprint density at radius 3 is 2.81 bits per heavy atom. The predicted octanol–water partition coefficient (Wildman–Crippen LogP) is 3.46. The Labute approximate surface area is 130 Å². The van der Waals surface area contributed by atoms with Gasteiger partial charge in [0.1, 0.15) is 18.5 Å². The van der Waals surface area contributed by atoms with Gasteiger partial charge in [-0.15, -0.1) is 11.3 Å². The molecule has 0 spiro atoms. The van der Waals surface area contributed by atoms with Crippen LogP contribution >= 0.6 is 11.3 Å². The maximum absolute atomic E-state index is 10.0. The van der Waals surface area contributed by atoms with Gasteiger partial charge in [0.05, 0.1) is 0 Å². The minimum atomic E-state index is -0.521. The minimum absolute atomic E-state index is 0.250. The number of benzene rings is 1. The molecule has 0 bridgehead atoms. The zero-order valence-electron chi connectivity index (χ0n) is 12.8. The van der Waals surface area contributed by atoms with Crippen molar-refractivity contribution in [3.63, 3.8) is 0 Å². The van der Waals surface area contributed by atoms with E-state index in [0.29, 0.717) is 13.2 Å². The largest absolute Gasteiger partial charge is 0.491 e. The summed E-state index contributed by atoms with van der Waals surface area (Å²) in [5.41, 5.74) is 2.25. The van der Waals surface area contributed by atoms with Crippen LogP contribution in [0.15, 0.2) is 35.7 Å². The third kappa shape index (κ3) is 4.84. The Morgan fingerprint density at radius 1 is 1.29 bits per heavy atom. The molecule has 1 aromatic heterocycles. The highest BCUT2D eigenvalue weighted by molar-refractivity contribution is 7.10. The Kier molecular flexibility index (Phi) is 5.79.